The average Bonchev–Trinajstić information content (AvgIpc) is 2.78. The number of alkyl halides is 3. The van der Waals surface area contributed by atoms with E-state index in [2.05, 4.69) is 5.32 Å². The number of carbonyl (C=O) groups is 2. The number of piperidine rings is 1. The highest BCUT2D eigenvalue weighted by Crippen LogP contribution is 2.31. The fraction of sp³-hybridized carbons (Fsp3) is 0.391. The monoisotopic (exact) mass is 482 g/mol. The number of nitrogens with one attached hydrogen (secondary N) is 1. The summed E-state index contributed by atoms with van der Waals surface area (Å²) in [6, 6.07) is 8.44. The highest BCUT2D eigenvalue weighted by atomic mass is 32.2. The van der Waals surface area contributed by atoms with Crippen LogP contribution < -0.4 is 5.32 Å². The predicted octanol–water partition coefficient (Wildman–Crippen LogP) is 4.33. The Hall–Kier alpha value is -2.72. The lowest BCUT2D eigenvalue weighted by molar-refractivity contribution is -0.137. The van der Waals surface area contributed by atoms with E-state index in [0.717, 1.165) is 16.4 Å². The summed E-state index contributed by atoms with van der Waals surface area (Å²) in [7, 11) is -4.01. The number of benzene rings is 2. The second-order valence-electron chi connectivity index (χ2n) is 8.06. The van der Waals surface area contributed by atoms with Crippen LogP contribution in [0.25, 0.3) is 0 Å². The maximum atomic E-state index is 13.2. The first kappa shape index (κ1) is 24.9. The van der Waals surface area contributed by atoms with Crippen molar-refractivity contribution in [1.29, 1.82) is 0 Å². The highest BCUT2D eigenvalue weighted by molar-refractivity contribution is 7.89. The topological polar surface area (TPSA) is 83.6 Å². The number of hydrogen-bond donors (Lipinski definition) is 1. The minimum Gasteiger partial charge on any atom is -0.348 e. The van der Waals surface area contributed by atoms with Crippen molar-refractivity contribution >= 4 is 21.7 Å². The van der Waals surface area contributed by atoms with Crippen molar-refractivity contribution in [1.82, 2.24) is 9.62 Å². The zero-order chi connectivity index (χ0) is 24.4. The number of carbonyl (C=O) groups excluding carboxylic acids is 2. The van der Waals surface area contributed by atoms with E-state index in [0.29, 0.717) is 24.8 Å². The van der Waals surface area contributed by atoms with Crippen LogP contribution in [0.1, 0.15) is 60.6 Å². The second-order valence-corrected chi connectivity index (χ2v) is 9.95. The molecule has 0 spiro atoms. The quantitative estimate of drug-likeness (QED) is 0.622. The summed E-state index contributed by atoms with van der Waals surface area (Å²) in [6.07, 6.45) is -2.99. The van der Waals surface area contributed by atoms with Crippen molar-refractivity contribution in [2.75, 3.05) is 6.54 Å². The van der Waals surface area contributed by atoms with Gasteiger partial charge >= 0.3 is 6.18 Å². The van der Waals surface area contributed by atoms with Gasteiger partial charge in [-0.05, 0) is 56.5 Å². The number of rotatable bonds is 6. The van der Waals surface area contributed by atoms with Gasteiger partial charge in [0.05, 0.1) is 16.5 Å². The van der Waals surface area contributed by atoms with Crippen LogP contribution in [0, 0.1) is 0 Å². The molecule has 1 aliphatic heterocycles. The van der Waals surface area contributed by atoms with Crippen molar-refractivity contribution < 1.29 is 31.2 Å². The van der Waals surface area contributed by atoms with Gasteiger partial charge < -0.3 is 5.32 Å². The van der Waals surface area contributed by atoms with Gasteiger partial charge in [0.2, 0.25) is 15.9 Å². The molecule has 2 aromatic carbocycles. The molecule has 0 aromatic heterocycles. The van der Waals surface area contributed by atoms with Crippen molar-refractivity contribution in [3.63, 3.8) is 0 Å². The molecule has 1 amide bonds. The fourth-order valence-electron chi connectivity index (χ4n) is 3.83. The highest BCUT2D eigenvalue weighted by Gasteiger charge is 2.38. The Morgan fingerprint density at radius 1 is 1.09 bits per heavy atom. The maximum absolute atomic E-state index is 13.2. The standard InChI is InChI=1S/C23H25F3N2O4S/c1-15(18-6-5-7-19(14-18)23(24,25)26)27-22(30)21-8-3-4-13-28(21)33(31,32)20-11-9-17(10-12-20)16(2)29/h5-7,9-12,14-15,21H,3-4,8,13H2,1-2H3,(H,27,30). The number of ketones is 1. The molecule has 33 heavy (non-hydrogen) atoms. The molecule has 0 radical (unpaired) electrons. The van der Waals surface area contributed by atoms with Gasteiger partial charge in [-0.2, -0.15) is 17.5 Å². The first-order valence-corrected chi connectivity index (χ1v) is 12.0. The summed E-state index contributed by atoms with van der Waals surface area (Å²) < 4.78 is 66.6. The van der Waals surface area contributed by atoms with Crippen LogP contribution in [-0.4, -0.2) is 37.0 Å². The summed E-state index contributed by atoms with van der Waals surface area (Å²) in [5, 5.41) is 2.67. The Morgan fingerprint density at radius 3 is 2.36 bits per heavy atom. The lowest BCUT2D eigenvalue weighted by Crippen LogP contribution is -2.52. The Morgan fingerprint density at radius 2 is 1.76 bits per heavy atom. The largest absolute Gasteiger partial charge is 0.416 e. The summed E-state index contributed by atoms with van der Waals surface area (Å²) >= 11 is 0. The maximum Gasteiger partial charge on any atom is 0.416 e. The van der Waals surface area contributed by atoms with Crippen LogP contribution in [-0.2, 0) is 21.0 Å². The van der Waals surface area contributed by atoms with Gasteiger partial charge in [0.1, 0.15) is 6.04 Å². The lowest BCUT2D eigenvalue weighted by Gasteiger charge is -2.34. The molecule has 1 saturated heterocycles. The molecule has 2 atom stereocenters. The Balaban J connectivity index is 1.80. The van der Waals surface area contributed by atoms with Crippen LogP contribution in [0.4, 0.5) is 13.2 Å². The van der Waals surface area contributed by atoms with Gasteiger partial charge in [-0.3, -0.25) is 9.59 Å². The van der Waals surface area contributed by atoms with Gasteiger partial charge in [0.25, 0.3) is 0 Å². The van der Waals surface area contributed by atoms with Crippen molar-refractivity contribution in [2.45, 2.75) is 56.3 Å². The van der Waals surface area contributed by atoms with Gasteiger partial charge in [-0.1, -0.05) is 30.7 Å². The molecule has 10 heteroatoms. The van der Waals surface area contributed by atoms with E-state index >= 15 is 0 Å². The average molecular weight is 483 g/mol. The smallest absolute Gasteiger partial charge is 0.348 e. The van der Waals surface area contributed by atoms with E-state index in [1.54, 1.807) is 6.92 Å². The van der Waals surface area contributed by atoms with Crippen LogP contribution in [0.3, 0.4) is 0 Å². The van der Waals surface area contributed by atoms with Crippen molar-refractivity contribution in [2.24, 2.45) is 0 Å². The Bertz CT molecular complexity index is 1130. The third-order valence-corrected chi connectivity index (χ3v) is 7.62. The molecule has 178 valence electrons. The molecule has 0 bridgehead atoms. The third-order valence-electron chi connectivity index (χ3n) is 5.70. The number of amides is 1. The van der Waals surface area contributed by atoms with Gasteiger partial charge in [-0.25, -0.2) is 8.42 Å². The van der Waals surface area contributed by atoms with E-state index in [9.17, 15) is 31.2 Å². The summed E-state index contributed by atoms with van der Waals surface area (Å²) in [6.45, 7) is 3.07. The molecule has 1 fully saturated rings. The lowest BCUT2D eigenvalue weighted by atomic mass is 10.0. The van der Waals surface area contributed by atoms with E-state index in [4.69, 9.17) is 0 Å². The summed E-state index contributed by atoms with van der Waals surface area (Å²) in [5.74, 6) is -0.763. The second kappa shape index (κ2) is 9.64. The molecular weight excluding hydrogens is 457 g/mol. The summed E-state index contributed by atoms with van der Waals surface area (Å²) in [5.41, 5.74) is -0.183. The normalized spacial score (nSPS) is 18.5. The van der Waals surface area contributed by atoms with Crippen LogP contribution in [0.5, 0.6) is 0 Å². The number of sulfonamides is 1. The predicted molar refractivity (Wildman–Crippen MR) is 116 cm³/mol. The molecule has 6 nitrogen and oxygen atoms in total. The molecular formula is C23H25F3N2O4S. The van der Waals surface area contributed by atoms with Gasteiger partial charge in [0.15, 0.2) is 5.78 Å². The third kappa shape index (κ3) is 5.62. The molecule has 0 aliphatic carbocycles. The first-order chi connectivity index (χ1) is 15.4. The van der Waals surface area contributed by atoms with Gasteiger partial charge in [-0.15, -0.1) is 0 Å². The van der Waals surface area contributed by atoms with Gasteiger partial charge in [0, 0.05) is 12.1 Å². The number of halogens is 3. The van der Waals surface area contributed by atoms with E-state index < -0.39 is 39.8 Å². The molecule has 1 N–H and O–H groups in total. The molecule has 1 aliphatic rings. The Kier molecular flexibility index (Phi) is 7.28. The number of Topliss-reactive ketones (excluding diaryl/α,β-unsaturated/α-hetero) is 1. The van der Waals surface area contributed by atoms with Crippen molar-refractivity contribution in [3.8, 4) is 0 Å². The van der Waals surface area contributed by atoms with E-state index in [1.807, 2.05) is 0 Å². The number of nitrogens with zero attached hydrogens (tertiary/aromatic N) is 1. The van der Waals surface area contributed by atoms with Crippen LogP contribution >= 0.6 is 0 Å². The molecule has 2 unspecified atom stereocenters. The van der Waals surface area contributed by atoms with E-state index in [1.165, 1.54) is 43.3 Å². The van der Waals surface area contributed by atoms with Crippen LogP contribution in [0.2, 0.25) is 0 Å². The molecule has 1 heterocycles. The minimum atomic E-state index is -4.51. The SMILES string of the molecule is CC(=O)c1ccc(S(=O)(=O)N2CCCCC2C(=O)NC(C)c2cccc(C(F)(F)F)c2)cc1. The van der Waals surface area contributed by atoms with Crippen molar-refractivity contribution in [3.05, 3.63) is 65.2 Å². The van der Waals surface area contributed by atoms with Crippen LogP contribution in [0.15, 0.2) is 53.4 Å². The fourth-order valence-corrected chi connectivity index (χ4v) is 5.49. The first-order valence-electron chi connectivity index (χ1n) is 10.5. The molecule has 3 rings (SSSR count). The van der Waals surface area contributed by atoms with E-state index in [-0.39, 0.29) is 22.8 Å². The minimum absolute atomic E-state index is 0.0295. The molecule has 0 saturated carbocycles. The zero-order valence-corrected chi connectivity index (χ0v) is 19.0. The molecule has 2 aromatic rings. The Labute approximate surface area is 190 Å². The number of hydrogen-bond acceptors (Lipinski definition) is 4. The zero-order valence-electron chi connectivity index (χ0n) is 18.2. The summed E-state index contributed by atoms with van der Waals surface area (Å²) in [4.78, 5) is 24.5.